The van der Waals surface area contributed by atoms with Crippen molar-refractivity contribution in [2.45, 2.75) is 70.6 Å². The van der Waals surface area contributed by atoms with Crippen LogP contribution >= 0.6 is 11.3 Å². The van der Waals surface area contributed by atoms with Crippen molar-refractivity contribution in [2.24, 2.45) is 0 Å². The van der Waals surface area contributed by atoms with E-state index in [1.807, 2.05) is 0 Å². The highest BCUT2D eigenvalue weighted by Gasteiger charge is 2.50. The Morgan fingerprint density at radius 3 is 2.65 bits per heavy atom. The molecular weight excluding hydrogens is 268 g/mol. The Bertz CT molecular complexity index is 506. The van der Waals surface area contributed by atoms with Crippen molar-refractivity contribution in [3.63, 3.8) is 0 Å². The van der Waals surface area contributed by atoms with E-state index >= 15 is 0 Å². The molecule has 0 bridgehead atoms. The molecule has 1 aliphatic carbocycles. The molecule has 20 heavy (non-hydrogen) atoms. The van der Waals surface area contributed by atoms with Gasteiger partial charge in [-0.15, -0.1) is 11.3 Å². The summed E-state index contributed by atoms with van der Waals surface area (Å²) in [6.45, 7) is 6.28. The summed E-state index contributed by atoms with van der Waals surface area (Å²) in [6.07, 6.45) is 5.76. The van der Waals surface area contributed by atoms with Crippen LogP contribution in [0.2, 0.25) is 0 Å². The summed E-state index contributed by atoms with van der Waals surface area (Å²) in [7, 11) is 0. The molecule has 110 valence electrons. The van der Waals surface area contributed by atoms with Gasteiger partial charge in [0.2, 0.25) is 5.91 Å². The smallest absolute Gasteiger partial charge is 0.244 e. The van der Waals surface area contributed by atoms with Crippen LogP contribution in [0.15, 0.2) is 12.1 Å². The molecule has 1 saturated carbocycles. The molecule has 1 amide bonds. The minimum Gasteiger partial charge on any atom is -0.317 e. The average molecular weight is 292 g/mol. The lowest BCUT2D eigenvalue weighted by Gasteiger charge is -2.29. The third-order valence-electron chi connectivity index (χ3n) is 4.90. The molecule has 3 nitrogen and oxygen atoms in total. The molecule has 1 aromatic rings. The van der Waals surface area contributed by atoms with Crippen LogP contribution in [0, 0.1) is 6.92 Å². The number of carbonyl (C=O) groups excluding carboxylic acids is 1. The van der Waals surface area contributed by atoms with E-state index < -0.39 is 5.54 Å². The fraction of sp³-hybridized carbons (Fsp3) is 0.688. The van der Waals surface area contributed by atoms with E-state index in [-0.39, 0.29) is 6.17 Å². The number of carbonyl (C=O) groups is 1. The first-order valence-electron chi connectivity index (χ1n) is 7.72. The number of aryl methyl sites for hydroxylation is 1. The van der Waals surface area contributed by atoms with Crippen LogP contribution in [0.1, 0.15) is 61.9 Å². The molecule has 1 aromatic heterocycles. The molecule has 2 fully saturated rings. The fourth-order valence-electron chi connectivity index (χ4n) is 3.46. The lowest BCUT2D eigenvalue weighted by Crippen LogP contribution is -2.44. The van der Waals surface area contributed by atoms with Gasteiger partial charge >= 0.3 is 0 Å². The third kappa shape index (κ3) is 2.19. The summed E-state index contributed by atoms with van der Waals surface area (Å²) in [6, 6.07) is 4.75. The number of hydrogen-bond acceptors (Lipinski definition) is 3. The largest absolute Gasteiger partial charge is 0.317 e. The molecule has 3 rings (SSSR count). The first-order chi connectivity index (χ1) is 9.55. The van der Waals surface area contributed by atoms with Crippen molar-refractivity contribution in [3.8, 4) is 0 Å². The lowest BCUT2D eigenvalue weighted by atomic mass is 9.99. The van der Waals surface area contributed by atoms with Crippen LogP contribution in [0.5, 0.6) is 0 Å². The van der Waals surface area contributed by atoms with Gasteiger partial charge < -0.3 is 4.90 Å². The molecule has 2 atom stereocenters. The van der Waals surface area contributed by atoms with Gasteiger partial charge in [-0.25, -0.2) is 0 Å². The molecule has 2 heterocycles. The number of rotatable bonds is 3. The summed E-state index contributed by atoms with van der Waals surface area (Å²) < 4.78 is 0. The fourth-order valence-corrected chi connectivity index (χ4v) is 4.38. The van der Waals surface area contributed by atoms with Gasteiger partial charge in [0.1, 0.15) is 6.17 Å². The molecule has 2 aliphatic rings. The van der Waals surface area contributed by atoms with Crippen LogP contribution < -0.4 is 5.32 Å². The Hall–Kier alpha value is -0.870. The second-order valence-corrected chi connectivity index (χ2v) is 7.65. The molecule has 2 unspecified atom stereocenters. The predicted octanol–water partition coefficient (Wildman–Crippen LogP) is 3.60. The SMILES string of the molecule is CCC1(C)NC(c2ccc(C)s2)N(C2CCCC2)C1=O. The maximum Gasteiger partial charge on any atom is 0.244 e. The van der Waals surface area contributed by atoms with Crippen molar-refractivity contribution in [3.05, 3.63) is 21.9 Å². The molecule has 1 N–H and O–H groups in total. The van der Waals surface area contributed by atoms with Crippen molar-refractivity contribution < 1.29 is 4.79 Å². The Labute approximate surface area is 125 Å². The molecule has 1 saturated heterocycles. The first kappa shape index (κ1) is 14.1. The van der Waals surface area contributed by atoms with Crippen molar-refractivity contribution in [2.75, 3.05) is 0 Å². The van der Waals surface area contributed by atoms with E-state index in [1.165, 1.54) is 22.6 Å². The zero-order valence-corrected chi connectivity index (χ0v) is 13.4. The summed E-state index contributed by atoms with van der Waals surface area (Å²) in [5.74, 6) is 0.294. The Morgan fingerprint density at radius 2 is 2.10 bits per heavy atom. The normalized spacial score (nSPS) is 31.4. The Kier molecular flexibility index (Phi) is 3.63. The van der Waals surface area contributed by atoms with Crippen molar-refractivity contribution >= 4 is 17.2 Å². The van der Waals surface area contributed by atoms with Gasteiger partial charge in [-0.05, 0) is 45.2 Å². The minimum absolute atomic E-state index is 0.0780. The highest BCUT2D eigenvalue weighted by atomic mass is 32.1. The topological polar surface area (TPSA) is 32.3 Å². The molecule has 1 aliphatic heterocycles. The van der Waals surface area contributed by atoms with E-state index in [2.05, 4.69) is 43.1 Å². The van der Waals surface area contributed by atoms with Crippen LogP contribution in [-0.2, 0) is 4.79 Å². The van der Waals surface area contributed by atoms with Gasteiger partial charge in [0, 0.05) is 15.8 Å². The highest BCUT2D eigenvalue weighted by molar-refractivity contribution is 7.12. The van der Waals surface area contributed by atoms with Gasteiger partial charge in [0.05, 0.1) is 5.54 Å². The molecular formula is C16H24N2OS. The van der Waals surface area contributed by atoms with Crippen LogP contribution in [-0.4, -0.2) is 22.4 Å². The van der Waals surface area contributed by atoms with Gasteiger partial charge in [-0.2, -0.15) is 0 Å². The predicted molar refractivity (Wildman–Crippen MR) is 82.7 cm³/mol. The van der Waals surface area contributed by atoms with Crippen LogP contribution in [0.3, 0.4) is 0 Å². The molecule has 0 radical (unpaired) electrons. The standard InChI is InChI=1S/C16H24N2OS/c1-4-16(3)15(19)18(12-7-5-6-8-12)14(17-16)13-10-9-11(2)20-13/h9-10,12,14,17H,4-8H2,1-3H3. The minimum atomic E-state index is -0.398. The van der Waals surface area contributed by atoms with E-state index in [4.69, 9.17) is 0 Å². The summed E-state index contributed by atoms with van der Waals surface area (Å²) in [4.78, 5) is 17.6. The maximum absolute atomic E-state index is 12.9. The second kappa shape index (κ2) is 5.15. The molecule has 0 aromatic carbocycles. The van der Waals surface area contributed by atoms with Crippen LogP contribution in [0.25, 0.3) is 0 Å². The second-order valence-electron chi connectivity index (χ2n) is 6.33. The maximum atomic E-state index is 12.9. The third-order valence-corrected chi connectivity index (χ3v) is 5.95. The molecule has 4 heteroatoms. The number of amides is 1. The summed E-state index contributed by atoms with van der Waals surface area (Å²) in [5.41, 5.74) is -0.398. The number of thiophene rings is 1. The van der Waals surface area contributed by atoms with Gasteiger partial charge in [0.15, 0.2) is 0 Å². The Morgan fingerprint density at radius 1 is 1.40 bits per heavy atom. The van der Waals surface area contributed by atoms with Gasteiger partial charge in [-0.3, -0.25) is 10.1 Å². The van der Waals surface area contributed by atoms with Crippen LogP contribution in [0.4, 0.5) is 0 Å². The van der Waals surface area contributed by atoms with Gasteiger partial charge in [0.25, 0.3) is 0 Å². The average Bonchev–Trinajstić information content (AvgIpc) is 3.12. The van der Waals surface area contributed by atoms with E-state index in [0.717, 1.165) is 19.3 Å². The molecule has 0 spiro atoms. The lowest BCUT2D eigenvalue weighted by molar-refractivity contribution is -0.135. The van der Waals surface area contributed by atoms with Crippen molar-refractivity contribution in [1.82, 2.24) is 10.2 Å². The quantitative estimate of drug-likeness (QED) is 0.923. The number of hydrogen-bond donors (Lipinski definition) is 1. The summed E-state index contributed by atoms with van der Waals surface area (Å²) >= 11 is 1.80. The van der Waals surface area contributed by atoms with E-state index in [0.29, 0.717) is 11.9 Å². The summed E-state index contributed by atoms with van der Waals surface area (Å²) in [5, 5.41) is 3.61. The van der Waals surface area contributed by atoms with E-state index in [9.17, 15) is 4.79 Å². The Balaban J connectivity index is 1.95. The zero-order chi connectivity index (χ0) is 14.3. The first-order valence-corrected chi connectivity index (χ1v) is 8.53. The van der Waals surface area contributed by atoms with Gasteiger partial charge in [-0.1, -0.05) is 19.8 Å². The zero-order valence-electron chi connectivity index (χ0n) is 12.6. The highest BCUT2D eigenvalue weighted by Crippen LogP contribution is 2.40. The number of nitrogens with one attached hydrogen (secondary N) is 1. The van der Waals surface area contributed by atoms with E-state index in [1.54, 1.807) is 11.3 Å². The monoisotopic (exact) mass is 292 g/mol. The number of nitrogens with zero attached hydrogens (tertiary/aromatic N) is 1. The van der Waals surface area contributed by atoms with Crippen molar-refractivity contribution in [1.29, 1.82) is 0 Å².